The summed E-state index contributed by atoms with van der Waals surface area (Å²) in [6.07, 6.45) is 6.56. The molecule has 0 radical (unpaired) electrons. The van der Waals surface area contributed by atoms with E-state index in [1.165, 1.54) is 19.3 Å². The molecule has 0 bridgehead atoms. The smallest absolute Gasteiger partial charge is 0.236 e. The number of methoxy groups -OCH3 is 1. The molecule has 20 heavy (non-hydrogen) atoms. The lowest BCUT2D eigenvalue weighted by atomic mass is 9.62. The van der Waals surface area contributed by atoms with Gasteiger partial charge >= 0.3 is 0 Å². The Bertz CT molecular complexity index is 349. The van der Waals surface area contributed by atoms with Crippen LogP contribution in [0.1, 0.15) is 39.0 Å². The highest BCUT2D eigenvalue weighted by Crippen LogP contribution is 2.49. The third-order valence-corrected chi connectivity index (χ3v) is 5.70. The Hall–Kier alpha value is -0.610. The highest BCUT2D eigenvalue weighted by atomic mass is 16.5. The molecule has 1 amide bonds. The summed E-state index contributed by atoms with van der Waals surface area (Å²) in [5, 5.41) is 0. The van der Waals surface area contributed by atoms with E-state index >= 15 is 0 Å². The Morgan fingerprint density at radius 1 is 1.25 bits per heavy atom. The first-order valence-corrected chi connectivity index (χ1v) is 8.17. The molecule has 3 fully saturated rings. The van der Waals surface area contributed by atoms with Gasteiger partial charge in [0.2, 0.25) is 5.91 Å². The fraction of sp³-hybridized carbons (Fsp3) is 0.938. The van der Waals surface area contributed by atoms with Crippen molar-refractivity contribution in [2.45, 2.75) is 45.1 Å². The molecule has 1 spiro atoms. The number of nitrogens with zero attached hydrogens (tertiary/aromatic N) is 2. The summed E-state index contributed by atoms with van der Waals surface area (Å²) in [7, 11) is 1.79. The SMILES string of the molecule is CCC1CCN(CC(=O)N2CC3(CC(OC)C3)C2)CC1. The van der Waals surface area contributed by atoms with Gasteiger partial charge in [-0.05, 0) is 44.7 Å². The largest absolute Gasteiger partial charge is 0.381 e. The van der Waals surface area contributed by atoms with Gasteiger partial charge in [-0.15, -0.1) is 0 Å². The van der Waals surface area contributed by atoms with Crippen LogP contribution in [-0.4, -0.2) is 61.6 Å². The minimum absolute atomic E-state index is 0.339. The first kappa shape index (κ1) is 14.3. The van der Waals surface area contributed by atoms with Gasteiger partial charge in [-0.2, -0.15) is 0 Å². The maximum atomic E-state index is 12.3. The van der Waals surface area contributed by atoms with Crippen LogP contribution in [0.3, 0.4) is 0 Å². The Morgan fingerprint density at radius 2 is 1.90 bits per heavy atom. The average Bonchev–Trinajstić information content (AvgIpc) is 2.37. The summed E-state index contributed by atoms with van der Waals surface area (Å²) in [4.78, 5) is 16.7. The van der Waals surface area contributed by atoms with E-state index in [4.69, 9.17) is 4.74 Å². The molecule has 0 N–H and O–H groups in total. The molecule has 0 atom stereocenters. The molecule has 0 unspecified atom stereocenters. The minimum atomic E-state index is 0.339. The number of carbonyl (C=O) groups excluding carboxylic acids is 1. The third-order valence-electron chi connectivity index (χ3n) is 5.70. The van der Waals surface area contributed by atoms with Crippen molar-refractivity contribution in [2.24, 2.45) is 11.3 Å². The van der Waals surface area contributed by atoms with Crippen LogP contribution in [0.5, 0.6) is 0 Å². The number of rotatable bonds is 4. The fourth-order valence-corrected chi connectivity index (χ4v) is 4.11. The summed E-state index contributed by atoms with van der Waals surface area (Å²) in [5.41, 5.74) is 0.422. The molecule has 1 aliphatic carbocycles. The van der Waals surface area contributed by atoms with Gasteiger partial charge in [-0.3, -0.25) is 9.69 Å². The zero-order chi connectivity index (χ0) is 14.2. The molecule has 3 aliphatic rings. The molecule has 0 aromatic rings. The summed E-state index contributed by atoms with van der Waals surface area (Å²) >= 11 is 0. The van der Waals surface area contributed by atoms with Crippen molar-refractivity contribution < 1.29 is 9.53 Å². The third kappa shape index (κ3) is 2.73. The van der Waals surface area contributed by atoms with Crippen LogP contribution < -0.4 is 0 Å². The second kappa shape index (κ2) is 5.64. The molecule has 0 aromatic heterocycles. The van der Waals surface area contributed by atoms with E-state index in [0.29, 0.717) is 24.0 Å². The van der Waals surface area contributed by atoms with Crippen molar-refractivity contribution in [3.63, 3.8) is 0 Å². The van der Waals surface area contributed by atoms with Crippen LogP contribution in [0.2, 0.25) is 0 Å². The van der Waals surface area contributed by atoms with Crippen LogP contribution in [0, 0.1) is 11.3 Å². The van der Waals surface area contributed by atoms with Gasteiger partial charge in [-0.25, -0.2) is 0 Å². The lowest BCUT2D eigenvalue weighted by Crippen LogP contribution is -2.66. The molecule has 4 heteroatoms. The average molecular weight is 280 g/mol. The van der Waals surface area contributed by atoms with E-state index in [0.717, 1.165) is 44.9 Å². The van der Waals surface area contributed by atoms with E-state index in [2.05, 4.69) is 16.7 Å². The zero-order valence-electron chi connectivity index (χ0n) is 12.9. The molecule has 4 nitrogen and oxygen atoms in total. The monoisotopic (exact) mass is 280 g/mol. The van der Waals surface area contributed by atoms with Crippen LogP contribution in [0.4, 0.5) is 0 Å². The molecule has 3 rings (SSSR count). The van der Waals surface area contributed by atoms with Gasteiger partial charge in [0.1, 0.15) is 0 Å². The van der Waals surface area contributed by atoms with Crippen LogP contribution in [0.25, 0.3) is 0 Å². The predicted octanol–water partition coefficient (Wildman–Crippen LogP) is 1.75. The van der Waals surface area contributed by atoms with Crippen molar-refractivity contribution in [1.29, 1.82) is 0 Å². The molecule has 2 aliphatic heterocycles. The van der Waals surface area contributed by atoms with E-state index < -0.39 is 0 Å². The Morgan fingerprint density at radius 3 is 2.45 bits per heavy atom. The van der Waals surface area contributed by atoms with Crippen LogP contribution in [-0.2, 0) is 9.53 Å². The number of carbonyl (C=O) groups is 1. The van der Waals surface area contributed by atoms with E-state index in [9.17, 15) is 4.79 Å². The topological polar surface area (TPSA) is 32.8 Å². The second-order valence-electron chi connectivity index (χ2n) is 7.14. The van der Waals surface area contributed by atoms with Gasteiger partial charge in [0.25, 0.3) is 0 Å². The van der Waals surface area contributed by atoms with Crippen molar-refractivity contribution in [2.75, 3.05) is 39.8 Å². The van der Waals surface area contributed by atoms with Gasteiger partial charge in [-0.1, -0.05) is 13.3 Å². The van der Waals surface area contributed by atoms with Crippen molar-refractivity contribution in [3.8, 4) is 0 Å². The lowest BCUT2D eigenvalue weighted by molar-refractivity contribution is -0.167. The number of piperidine rings is 1. The molecular formula is C16H28N2O2. The van der Waals surface area contributed by atoms with Crippen molar-refractivity contribution in [1.82, 2.24) is 9.80 Å². The zero-order valence-corrected chi connectivity index (χ0v) is 12.9. The molecule has 0 aromatic carbocycles. The summed E-state index contributed by atoms with van der Waals surface area (Å²) in [5.74, 6) is 1.22. The van der Waals surface area contributed by atoms with Crippen LogP contribution in [0.15, 0.2) is 0 Å². The van der Waals surface area contributed by atoms with E-state index in [-0.39, 0.29) is 0 Å². The van der Waals surface area contributed by atoms with Gasteiger partial charge in [0, 0.05) is 25.6 Å². The number of likely N-dealkylation sites (tertiary alicyclic amines) is 2. The molecule has 1 saturated carbocycles. The molecule has 2 saturated heterocycles. The predicted molar refractivity (Wildman–Crippen MR) is 78.5 cm³/mol. The Kier molecular flexibility index (Phi) is 4.04. The second-order valence-corrected chi connectivity index (χ2v) is 7.14. The standard InChI is InChI=1S/C16H28N2O2/c1-3-13-4-6-17(7-5-13)10-15(19)18-11-16(12-18)8-14(9-16)20-2/h13-14H,3-12H2,1-2H3. The fourth-order valence-electron chi connectivity index (χ4n) is 4.11. The highest BCUT2D eigenvalue weighted by Gasteiger charge is 2.53. The van der Waals surface area contributed by atoms with E-state index in [1.54, 1.807) is 7.11 Å². The lowest BCUT2D eigenvalue weighted by Gasteiger charge is -2.58. The number of ether oxygens (including phenoxy) is 1. The first-order chi connectivity index (χ1) is 9.64. The Balaban J connectivity index is 1.37. The summed E-state index contributed by atoms with van der Waals surface area (Å²) in [6.45, 7) is 7.06. The summed E-state index contributed by atoms with van der Waals surface area (Å²) in [6, 6.07) is 0. The van der Waals surface area contributed by atoms with Gasteiger partial charge in [0.05, 0.1) is 12.6 Å². The Labute approximate surface area is 122 Å². The normalized spacial score (nSPS) is 27.4. The highest BCUT2D eigenvalue weighted by molar-refractivity contribution is 5.79. The maximum Gasteiger partial charge on any atom is 0.236 e. The van der Waals surface area contributed by atoms with Crippen molar-refractivity contribution >= 4 is 5.91 Å². The quantitative estimate of drug-likeness (QED) is 0.786. The number of amides is 1. The summed E-state index contributed by atoms with van der Waals surface area (Å²) < 4.78 is 5.34. The molecular weight excluding hydrogens is 252 g/mol. The minimum Gasteiger partial charge on any atom is -0.381 e. The number of hydrogen-bond donors (Lipinski definition) is 0. The van der Waals surface area contributed by atoms with Gasteiger partial charge < -0.3 is 9.64 Å². The van der Waals surface area contributed by atoms with Gasteiger partial charge in [0.15, 0.2) is 0 Å². The molecule has 114 valence electrons. The van der Waals surface area contributed by atoms with Crippen molar-refractivity contribution in [3.05, 3.63) is 0 Å². The number of hydrogen-bond acceptors (Lipinski definition) is 3. The first-order valence-electron chi connectivity index (χ1n) is 8.17. The maximum absolute atomic E-state index is 12.3. The van der Waals surface area contributed by atoms with Crippen LogP contribution >= 0.6 is 0 Å². The van der Waals surface area contributed by atoms with E-state index in [1.807, 2.05) is 0 Å². The molecule has 2 heterocycles.